The summed E-state index contributed by atoms with van der Waals surface area (Å²) in [6, 6.07) is 10.4. The molecular formula is C19H34O. The van der Waals surface area contributed by atoms with Crippen LogP contribution >= 0.6 is 0 Å². The molecule has 116 valence electrons. The van der Waals surface area contributed by atoms with Crippen molar-refractivity contribution in [1.29, 1.82) is 0 Å². The molecule has 1 rings (SSSR count). The Morgan fingerprint density at radius 2 is 1.35 bits per heavy atom. The summed E-state index contributed by atoms with van der Waals surface area (Å²) in [5, 5.41) is 0. The van der Waals surface area contributed by atoms with Crippen molar-refractivity contribution in [2.45, 2.75) is 67.6 Å². The van der Waals surface area contributed by atoms with Crippen LogP contribution < -0.4 is 0 Å². The fraction of sp³-hybridized carbons (Fsp3) is 0.684. The fourth-order valence-electron chi connectivity index (χ4n) is 2.58. The van der Waals surface area contributed by atoms with Gasteiger partial charge in [0.25, 0.3) is 0 Å². The molecule has 0 aliphatic rings. The van der Waals surface area contributed by atoms with Crippen molar-refractivity contribution in [3.8, 4) is 0 Å². The molecule has 1 heteroatoms. The summed E-state index contributed by atoms with van der Waals surface area (Å²) in [4.78, 5) is 0. The van der Waals surface area contributed by atoms with Gasteiger partial charge in [-0.3, -0.25) is 0 Å². The standard InChI is InChI=1S/C17H28O.C2H6/c1-13(2)17(14(3)4)11-15(5)18-12-16-9-7-6-8-10-16;1-2/h6-10,13-15,17H,11-12H2,1-5H3;1-2H3. The molecule has 0 bridgehead atoms. The van der Waals surface area contributed by atoms with E-state index in [0.717, 1.165) is 30.8 Å². The van der Waals surface area contributed by atoms with E-state index in [9.17, 15) is 0 Å². The zero-order chi connectivity index (χ0) is 15.5. The maximum absolute atomic E-state index is 5.96. The van der Waals surface area contributed by atoms with Gasteiger partial charge in [-0.15, -0.1) is 0 Å². The van der Waals surface area contributed by atoms with Crippen LogP contribution in [-0.2, 0) is 11.3 Å². The van der Waals surface area contributed by atoms with Gasteiger partial charge in [-0.2, -0.15) is 0 Å². The Bertz CT molecular complexity index is 308. The van der Waals surface area contributed by atoms with E-state index >= 15 is 0 Å². The topological polar surface area (TPSA) is 9.23 Å². The zero-order valence-electron chi connectivity index (χ0n) is 14.5. The van der Waals surface area contributed by atoms with Crippen LogP contribution in [0, 0.1) is 17.8 Å². The van der Waals surface area contributed by atoms with Crippen LogP contribution in [0.5, 0.6) is 0 Å². The van der Waals surface area contributed by atoms with E-state index in [0.29, 0.717) is 6.10 Å². The smallest absolute Gasteiger partial charge is 0.0720 e. The lowest BCUT2D eigenvalue weighted by atomic mass is 9.82. The first kappa shape index (κ1) is 19.2. The van der Waals surface area contributed by atoms with Crippen LogP contribution in [0.15, 0.2) is 30.3 Å². The molecule has 1 unspecified atom stereocenters. The molecule has 0 aromatic heterocycles. The Labute approximate surface area is 126 Å². The Morgan fingerprint density at radius 1 is 0.850 bits per heavy atom. The highest BCUT2D eigenvalue weighted by atomic mass is 16.5. The van der Waals surface area contributed by atoms with Gasteiger partial charge in [0.15, 0.2) is 0 Å². The van der Waals surface area contributed by atoms with E-state index < -0.39 is 0 Å². The third-order valence-corrected chi connectivity index (χ3v) is 3.69. The Morgan fingerprint density at radius 3 is 1.80 bits per heavy atom. The molecule has 0 aliphatic heterocycles. The summed E-state index contributed by atoms with van der Waals surface area (Å²) in [6.07, 6.45) is 1.49. The molecule has 0 amide bonds. The second kappa shape index (κ2) is 10.9. The minimum Gasteiger partial charge on any atom is -0.374 e. The second-order valence-electron chi connectivity index (χ2n) is 5.99. The maximum Gasteiger partial charge on any atom is 0.0720 e. The van der Waals surface area contributed by atoms with Gasteiger partial charge < -0.3 is 4.74 Å². The Kier molecular flexibility index (Phi) is 10.5. The van der Waals surface area contributed by atoms with Crippen molar-refractivity contribution >= 4 is 0 Å². The van der Waals surface area contributed by atoms with E-state index in [4.69, 9.17) is 4.74 Å². The van der Waals surface area contributed by atoms with Crippen LogP contribution in [0.25, 0.3) is 0 Å². The van der Waals surface area contributed by atoms with Gasteiger partial charge in [0.1, 0.15) is 0 Å². The van der Waals surface area contributed by atoms with Crippen molar-refractivity contribution in [1.82, 2.24) is 0 Å². The lowest BCUT2D eigenvalue weighted by Crippen LogP contribution is -2.22. The molecule has 0 heterocycles. The van der Waals surface area contributed by atoms with Gasteiger partial charge in [-0.05, 0) is 36.7 Å². The predicted molar refractivity (Wildman–Crippen MR) is 89.8 cm³/mol. The molecule has 0 aliphatic carbocycles. The zero-order valence-corrected chi connectivity index (χ0v) is 14.5. The summed E-state index contributed by atoms with van der Waals surface area (Å²) in [7, 11) is 0. The molecule has 1 nitrogen and oxygen atoms in total. The molecule has 0 N–H and O–H groups in total. The van der Waals surface area contributed by atoms with Crippen molar-refractivity contribution < 1.29 is 4.74 Å². The van der Waals surface area contributed by atoms with Gasteiger partial charge in [0, 0.05) is 0 Å². The first-order valence-electron chi connectivity index (χ1n) is 8.16. The highest BCUT2D eigenvalue weighted by Gasteiger charge is 2.20. The molecule has 1 aromatic carbocycles. The van der Waals surface area contributed by atoms with Crippen molar-refractivity contribution in [2.24, 2.45) is 17.8 Å². The van der Waals surface area contributed by atoms with Crippen LogP contribution in [0.2, 0.25) is 0 Å². The fourth-order valence-corrected chi connectivity index (χ4v) is 2.58. The number of rotatable bonds is 7. The van der Waals surface area contributed by atoms with Crippen LogP contribution in [0.1, 0.15) is 60.5 Å². The van der Waals surface area contributed by atoms with Crippen LogP contribution in [0.4, 0.5) is 0 Å². The molecular weight excluding hydrogens is 244 g/mol. The van der Waals surface area contributed by atoms with Crippen LogP contribution in [-0.4, -0.2) is 6.10 Å². The van der Waals surface area contributed by atoms with E-state index in [1.807, 2.05) is 19.9 Å². The third kappa shape index (κ3) is 7.69. The second-order valence-corrected chi connectivity index (χ2v) is 5.99. The van der Waals surface area contributed by atoms with Crippen molar-refractivity contribution in [3.63, 3.8) is 0 Å². The molecule has 1 atom stereocenters. The molecule has 0 spiro atoms. The molecule has 1 aromatic rings. The first-order chi connectivity index (χ1) is 9.50. The predicted octanol–water partition coefficient (Wildman–Crippen LogP) is 5.94. The van der Waals surface area contributed by atoms with Crippen molar-refractivity contribution in [3.05, 3.63) is 35.9 Å². The summed E-state index contributed by atoms with van der Waals surface area (Å²) < 4.78 is 5.96. The Balaban J connectivity index is 0.00000172. The molecule has 0 radical (unpaired) electrons. The summed E-state index contributed by atoms with van der Waals surface area (Å²) in [6.45, 7) is 16.2. The van der Waals surface area contributed by atoms with Gasteiger partial charge in [0.05, 0.1) is 12.7 Å². The first-order valence-corrected chi connectivity index (χ1v) is 8.16. The minimum absolute atomic E-state index is 0.333. The van der Waals surface area contributed by atoms with Gasteiger partial charge >= 0.3 is 0 Å². The van der Waals surface area contributed by atoms with E-state index in [1.165, 1.54) is 5.56 Å². The molecule has 20 heavy (non-hydrogen) atoms. The maximum atomic E-state index is 5.96. The number of ether oxygens (including phenoxy) is 1. The van der Waals surface area contributed by atoms with Crippen LogP contribution in [0.3, 0.4) is 0 Å². The largest absolute Gasteiger partial charge is 0.374 e. The summed E-state index contributed by atoms with van der Waals surface area (Å²) >= 11 is 0. The quantitative estimate of drug-likeness (QED) is 0.600. The van der Waals surface area contributed by atoms with Gasteiger partial charge in [-0.1, -0.05) is 71.9 Å². The van der Waals surface area contributed by atoms with E-state index in [-0.39, 0.29) is 0 Å². The van der Waals surface area contributed by atoms with Gasteiger partial charge in [0.2, 0.25) is 0 Å². The number of hydrogen-bond donors (Lipinski definition) is 0. The normalized spacial score (nSPS) is 12.5. The lowest BCUT2D eigenvalue weighted by molar-refractivity contribution is 0.0247. The highest BCUT2D eigenvalue weighted by Crippen LogP contribution is 2.26. The monoisotopic (exact) mass is 278 g/mol. The molecule has 0 saturated heterocycles. The van der Waals surface area contributed by atoms with Gasteiger partial charge in [-0.25, -0.2) is 0 Å². The van der Waals surface area contributed by atoms with E-state index in [1.54, 1.807) is 0 Å². The molecule has 0 saturated carbocycles. The average molecular weight is 278 g/mol. The third-order valence-electron chi connectivity index (χ3n) is 3.69. The lowest BCUT2D eigenvalue weighted by Gasteiger charge is -2.27. The average Bonchev–Trinajstić information content (AvgIpc) is 2.45. The Hall–Kier alpha value is -0.820. The number of benzene rings is 1. The number of hydrogen-bond acceptors (Lipinski definition) is 1. The summed E-state index contributed by atoms with van der Waals surface area (Å²) in [5.74, 6) is 2.20. The molecule has 0 fully saturated rings. The summed E-state index contributed by atoms with van der Waals surface area (Å²) in [5.41, 5.74) is 1.26. The van der Waals surface area contributed by atoms with E-state index in [2.05, 4.69) is 58.9 Å². The minimum atomic E-state index is 0.333. The highest BCUT2D eigenvalue weighted by molar-refractivity contribution is 5.13. The van der Waals surface area contributed by atoms with Crippen molar-refractivity contribution in [2.75, 3.05) is 0 Å². The SMILES string of the molecule is CC.CC(CC(C(C)C)C(C)C)OCc1ccccc1.